The molecule has 98 valence electrons. The van der Waals surface area contributed by atoms with Crippen LogP contribution >= 0.6 is 0 Å². The summed E-state index contributed by atoms with van der Waals surface area (Å²) in [4.78, 5) is 24.0. The maximum Gasteiger partial charge on any atom is 0.404 e. The summed E-state index contributed by atoms with van der Waals surface area (Å²) in [7, 11) is 0. The third-order valence-electron chi connectivity index (χ3n) is 2.46. The van der Waals surface area contributed by atoms with Crippen LogP contribution in [0.25, 0.3) is 0 Å². The lowest BCUT2D eigenvalue weighted by atomic mass is 10.2. The van der Waals surface area contributed by atoms with E-state index in [4.69, 9.17) is 5.73 Å². The van der Waals surface area contributed by atoms with Crippen molar-refractivity contribution in [3.05, 3.63) is 30.3 Å². The number of anilines is 1. The third-order valence-corrected chi connectivity index (χ3v) is 2.46. The Bertz CT molecular complexity index is 392. The highest BCUT2D eigenvalue weighted by atomic mass is 16.5. The van der Waals surface area contributed by atoms with Gasteiger partial charge in [0, 0.05) is 18.7 Å². The largest absolute Gasteiger partial charge is 0.450 e. The fourth-order valence-corrected chi connectivity index (χ4v) is 1.64. The number of amides is 2. The molecule has 1 aromatic carbocycles. The van der Waals surface area contributed by atoms with Gasteiger partial charge in [0.15, 0.2) is 0 Å². The Labute approximate surface area is 107 Å². The van der Waals surface area contributed by atoms with Gasteiger partial charge in [0.25, 0.3) is 0 Å². The van der Waals surface area contributed by atoms with E-state index in [0.717, 1.165) is 5.69 Å². The molecule has 0 aliphatic rings. The van der Waals surface area contributed by atoms with E-state index in [-0.39, 0.29) is 12.5 Å². The van der Waals surface area contributed by atoms with Gasteiger partial charge in [-0.1, -0.05) is 18.2 Å². The second-order valence-corrected chi connectivity index (χ2v) is 3.74. The smallest absolute Gasteiger partial charge is 0.404 e. The molecule has 0 aliphatic carbocycles. The first-order valence-corrected chi connectivity index (χ1v) is 5.92. The first-order valence-electron chi connectivity index (χ1n) is 5.92. The van der Waals surface area contributed by atoms with E-state index in [2.05, 4.69) is 4.74 Å². The Kier molecular flexibility index (Phi) is 5.70. The van der Waals surface area contributed by atoms with Crippen LogP contribution in [0.15, 0.2) is 30.3 Å². The van der Waals surface area contributed by atoms with Gasteiger partial charge >= 0.3 is 6.09 Å². The van der Waals surface area contributed by atoms with Crippen LogP contribution in [0, 0.1) is 0 Å². The molecule has 2 amide bonds. The molecule has 0 aliphatic heterocycles. The van der Waals surface area contributed by atoms with Crippen molar-refractivity contribution in [2.75, 3.05) is 18.1 Å². The number of para-hydroxylation sites is 1. The standard InChI is InChI=1S/C13H18N2O3/c1-2-15(11-7-4-3-5-8-11)12(16)9-6-10-18-13(14)17/h3-5,7-8H,2,6,9-10H2,1H3,(H2,14,17). The summed E-state index contributed by atoms with van der Waals surface area (Å²) in [6.07, 6.45) is -0.000873. The Morgan fingerprint density at radius 2 is 1.94 bits per heavy atom. The highest BCUT2D eigenvalue weighted by Gasteiger charge is 2.12. The average molecular weight is 250 g/mol. The fourth-order valence-electron chi connectivity index (χ4n) is 1.64. The zero-order valence-corrected chi connectivity index (χ0v) is 10.5. The number of carbonyl (C=O) groups is 2. The average Bonchev–Trinajstić information content (AvgIpc) is 2.36. The normalized spacial score (nSPS) is 9.83. The first kappa shape index (κ1) is 14.0. The fraction of sp³-hybridized carbons (Fsp3) is 0.385. The van der Waals surface area contributed by atoms with E-state index in [1.54, 1.807) is 4.90 Å². The quantitative estimate of drug-likeness (QED) is 0.784. The van der Waals surface area contributed by atoms with Crippen LogP contribution in [-0.2, 0) is 9.53 Å². The van der Waals surface area contributed by atoms with Gasteiger partial charge < -0.3 is 15.4 Å². The third kappa shape index (κ3) is 4.45. The Hall–Kier alpha value is -2.04. The molecule has 0 fully saturated rings. The van der Waals surface area contributed by atoms with Crippen molar-refractivity contribution in [2.45, 2.75) is 19.8 Å². The van der Waals surface area contributed by atoms with Gasteiger partial charge in [0.1, 0.15) is 0 Å². The van der Waals surface area contributed by atoms with Crippen LogP contribution in [0.1, 0.15) is 19.8 Å². The molecule has 1 aromatic rings. The summed E-state index contributed by atoms with van der Waals surface area (Å²) < 4.78 is 4.58. The Morgan fingerprint density at radius 3 is 2.50 bits per heavy atom. The summed E-state index contributed by atoms with van der Waals surface area (Å²) in [5.41, 5.74) is 5.71. The first-order chi connectivity index (χ1) is 8.65. The Balaban J connectivity index is 2.46. The number of rotatable bonds is 6. The summed E-state index contributed by atoms with van der Waals surface area (Å²) in [5.74, 6) is 0.0109. The van der Waals surface area contributed by atoms with Crippen LogP contribution in [0.5, 0.6) is 0 Å². The van der Waals surface area contributed by atoms with Gasteiger partial charge in [-0.15, -0.1) is 0 Å². The minimum absolute atomic E-state index is 0.0109. The molecular weight excluding hydrogens is 232 g/mol. The minimum Gasteiger partial charge on any atom is -0.450 e. The lowest BCUT2D eigenvalue weighted by molar-refractivity contribution is -0.118. The SMILES string of the molecule is CCN(C(=O)CCCOC(N)=O)c1ccccc1. The summed E-state index contributed by atoms with van der Waals surface area (Å²) >= 11 is 0. The molecule has 0 saturated carbocycles. The molecule has 0 heterocycles. The number of nitrogens with two attached hydrogens (primary N) is 1. The van der Waals surface area contributed by atoms with E-state index in [1.165, 1.54) is 0 Å². The van der Waals surface area contributed by atoms with Crippen LogP contribution in [0.4, 0.5) is 10.5 Å². The van der Waals surface area contributed by atoms with Crippen LogP contribution < -0.4 is 10.6 Å². The molecule has 5 nitrogen and oxygen atoms in total. The maximum absolute atomic E-state index is 12.0. The highest BCUT2D eigenvalue weighted by molar-refractivity contribution is 5.93. The summed E-state index contributed by atoms with van der Waals surface area (Å²) in [5, 5.41) is 0. The lowest BCUT2D eigenvalue weighted by Gasteiger charge is -2.20. The van der Waals surface area contributed by atoms with Crippen molar-refractivity contribution < 1.29 is 14.3 Å². The number of benzene rings is 1. The number of hydrogen-bond donors (Lipinski definition) is 1. The summed E-state index contributed by atoms with van der Waals surface area (Å²) in [6.45, 7) is 2.71. The second-order valence-electron chi connectivity index (χ2n) is 3.74. The zero-order chi connectivity index (χ0) is 13.4. The van der Waals surface area contributed by atoms with Crippen LogP contribution in [0.2, 0.25) is 0 Å². The molecule has 0 spiro atoms. The topological polar surface area (TPSA) is 72.6 Å². The predicted molar refractivity (Wildman–Crippen MR) is 69.2 cm³/mol. The maximum atomic E-state index is 12.0. The van der Waals surface area contributed by atoms with Crippen molar-refractivity contribution >= 4 is 17.7 Å². The molecule has 0 radical (unpaired) electrons. The molecule has 0 atom stereocenters. The lowest BCUT2D eigenvalue weighted by Crippen LogP contribution is -2.30. The van der Waals surface area contributed by atoms with Crippen molar-refractivity contribution in [1.82, 2.24) is 0 Å². The van der Waals surface area contributed by atoms with Gasteiger partial charge in [0.2, 0.25) is 5.91 Å². The molecule has 0 saturated heterocycles. The van der Waals surface area contributed by atoms with E-state index in [0.29, 0.717) is 19.4 Å². The highest BCUT2D eigenvalue weighted by Crippen LogP contribution is 2.14. The second kappa shape index (κ2) is 7.32. The molecule has 0 bridgehead atoms. The zero-order valence-electron chi connectivity index (χ0n) is 10.5. The van der Waals surface area contributed by atoms with Crippen molar-refractivity contribution in [3.8, 4) is 0 Å². The van der Waals surface area contributed by atoms with E-state index < -0.39 is 6.09 Å². The van der Waals surface area contributed by atoms with Gasteiger partial charge in [0.05, 0.1) is 6.61 Å². The van der Waals surface area contributed by atoms with Gasteiger partial charge in [-0.25, -0.2) is 4.79 Å². The monoisotopic (exact) mass is 250 g/mol. The summed E-state index contributed by atoms with van der Waals surface area (Å²) in [6, 6.07) is 9.47. The van der Waals surface area contributed by atoms with Crippen molar-refractivity contribution in [3.63, 3.8) is 0 Å². The molecule has 0 unspecified atom stereocenters. The van der Waals surface area contributed by atoms with Crippen molar-refractivity contribution in [1.29, 1.82) is 0 Å². The number of carbonyl (C=O) groups excluding carboxylic acids is 2. The Morgan fingerprint density at radius 1 is 1.28 bits per heavy atom. The number of primary amides is 1. The molecular formula is C13H18N2O3. The number of ether oxygens (including phenoxy) is 1. The number of nitrogens with zero attached hydrogens (tertiary/aromatic N) is 1. The minimum atomic E-state index is -0.808. The van der Waals surface area contributed by atoms with E-state index in [9.17, 15) is 9.59 Å². The predicted octanol–water partition coefficient (Wildman–Crippen LogP) is 1.92. The van der Waals surface area contributed by atoms with Crippen molar-refractivity contribution in [2.24, 2.45) is 5.73 Å². The number of hydrogen-bond acceptors (Lipinski definition) is 3. The van der Waals surface area contributed by atoms with Gasteiger partial charge in [-0.05, 0) is 25.5 Å². The molecule has 0 aromatic heterocycles. The van der Waals surface area contributed by atoms with Gasteiger partial charge in [-0.2, -0.15) is 0 Å². The van der Waals surface area contributed by atoms with Gasteiger partial charge in [-0.3, -0.25) is 4.79 Å². The van der Waals surface area contributed by atoms with Crippen LogP contribution in [0.3, 0.4) is 0 Å². The van der Waals surface area contributed by atoms with E-state index in [1.807, 2.05) is 37.3 Å². The van der Waals surface area contributed by atoms with E-state index >= 15 is 0 Å². The molecule has 18 heavy (non-hydrogen) atoms. The molecule has 5 heteroatoms. The molecule has 1 rings (SSSR count). The molecule has 2 N–H and O–H groups in total. The van der Waals surface area contributed by atoms with Crippen LogP contribution in [-0.4, -0.2) is 25.2 Å².